The van der Waals surface area contributed by atoms with Crippen molar-refractivity contribution < 1.29 is 0 Å². The van der Waals surface area contributed by atoms with Crippen molar-refractivity contribution in [3.05, 3.63) is 51.8 Å². The number of H-pyrrole nitrogens is 1. The van der Waals surface area contributed by atoms with Gasteiger partial charge in [-0.1, -0.05) is 28.1 Å². The van der Waals surface area contributed by atoms with E-state index >= 15 is 0 Å². The molecule has 0 amide bonds. The lowest BCUT2D eigenvalue weighted by atomic mass is 10.2. The van der Waals surface area contributed by atoms with Gasteiger partial charge in [-0.3, -0.25) is 5.10 Å². The van der Waals surface area contributed by atoms with Crippen molar-refractivity contribution in [3.63, 3.8) is 0 Å². The lowest BCUT2D eigenvalue weighted by molar-refractivity contribution is 0.677. The monoisotopic (exact) mass is 279 g/mol. The molecule has 2 rings (SSSR count). The highest BCUT2D eigenvalue weighted by Gasteiger charge is 1.97. The SMILES string of the molecule is Cc1cc(CNCc2ccc(Br)cc2)n[nH]1. The summed E-state index contributed by atoms with van der Waals surface area (Å²) >= 11 is 3.42. The van der Waals surface area contributed by atoms with Crippen molar-refractivity contribution in [2.45, 2.75) is 20.0 Å². The first-order valence-electron chi connectivity index (χ1n) is 5.20. The van der Waals surface area contributed by atoms with Crippen LogP contribution >= 0.6 is 15.9 Å². The van der Waals surface area contributed by atoms with Gasteiger partial charge in [0.1, 0.15) is 0 Å². The molecule has 84 valence electrons. The van der Waals surface area contributed by atoms with Crippen LogP contribution in [-0.2, 0) is 13.1 Å². The third-order valence-electron chi connectivity index (χ3n) is 2.31. The number of hydrogen-bond acceptors (Lipinski definition) is 2. The molecular formula is C12H14BrN3. The molecule has 16 heavy (non-hydrogen) atoms. The highest BCUT2D eigenvalue weighted by Crippen LogP contribution is 2.10. The second kappa shape index (κ2) is 5.27. The first kappa shape index (κ1) is 11.4. The highest BCUT2D eigenvalue weighted by atomic mass is 79.9. The smallest absolute Gasteiger partial charge is 0.0762 e. The topological polar surface area (TPSA) is 40.7 Å². The van der Waals surface area contributed by atoms with Gasteiger partial charge in [-0.15, -0.1) is 0 Å². The minimum absolute atomic E-state index is 0.792. The van der Waals surface area contributed by atoms with E-state index in [0.717, 1.165) is 29.0 Å². The minimum Gasteiger partial charge on any atom is -0.307 e. The van der Waals surface area contributed by atoms with Gasteiger partial charge in [0.25, 0.3) is 0 Å². The molecule has 1 heterocycles. The number of nitrogens with zero attached hydrogens (tertiary/aromatic N) is 1. The third-order valence-corrected chi connectivity index (χ3v) is 2.84. The zero-order chi connectivity index (χ0) is 11.4. The number of hydrogen-bond donors (Lipinski definition) is 2. The summed E-state index contributed by atoms with van der Waals surface area (Å²) in [7, 11) is 0. The fourth-order valence-corrected chi connectivity index (χ4v) is 1.77. The van der Waals surface area contributed by atoms with Crippen molar-refractivity contribution in [3.8, 4) is 0 Å². The number of nitrogens with one attached hydrogen (secondary N) is 2. The van der Waals surface area contributed by atoms with Crippen LogP contribution in [0.4, 0.5) is 0 Å². The van der Waals surface area contributed by atoms with E-state index in [1.165, 1.54) is 5.56 Å². The second-order valence-corrected chi connectivity index (χ2v) is 4.69. The Morgan fingerprint density at radius 2 is 2.00 bits per heavy atom. The maximum atomic E-state index is 4.17. The number of aromatic amines is 1. The van der Waals surface area contributed by atoms with Crippen LogP contribution in [0.25, 0.3) is 0 Å². The molecule has 0 radical (unpaired) electrons. The van der Waals surface area contributed by atoms with Gasteiger partial charge in [-0.2, -0.15) is 5.10 Å². The summed E-state index contributed by atoms with van der Waals surface area (Å²) in [5, 5.41) is 10.4. The molecule has 0 spiro atoms. The molecule has 1 aromatic carbocycles. The largest absolute Gasteiger partial charge is 0.307 e. The Morgan fingerprint density at radius 3 is 2.62 bits per heavy atom. The third kappa shape index (κ3) is 3.18. The van der Waals surface area contributed by atoms with E-state index in [-0.39, 0.29) is 0 Å². The fraction of sp³-hybridized carbons (Fsp3) is 0.250. The van der Waals surface area contributed by atoms with E-state index < -0.39 is 0 Å². The predicted molar refractivity (Wildman–Crippen MR) is 68.0 cm³/mol. The molecule has 0 unspecified atom stereocenters. The second-order valence-electron chi connectivity index (χ2n) is 3.77. The predicted octanol–water partition coefficient (Wildman–Crippen LogP) is 2.77. The Morgan fingerprint density at radius 1 is 1.25 bits per heavy atom. The fourth-order valence-electron chi connectivity index (χ4n) is 1.50. The summed E-state index contributed by atoms with van der Waals surface area (Å²) < 4.78 is 1.11. The van der Waals surface area contributed by atoms with E-state index in [9.17, 15) is 0 Å². The lowest BCUT2D eigenvalue weighted by Crippen LogP contribution is -2.12. The lowest BCUT2D eigenvalue weighted by Gasteiger charge is -2.02. The van der Waals surface area contributed by atoms with E-state index in [1.54, 1.807) is 0 Å². The van der Waals surface area contributed by atoms with Crippen LogP contribution in [0.1, 0.15) is 17.0 Å². The summed E-state index contributed by atoms with van der Waals surface area (Å²) in [6.45, 7) is 3.66. The average molecular weight is 280 g/mol. The number of halogens is 1. The zero-order valence-corrected chi connectivity index (χ0v) is 10.7. The van der Waals surface area contributed by atoms with Crippen LogP contribution in [0.15, 0.2) is 34.8 Å². The van der Waals surface area contributed by atoms with Crippen LogP contribution < -0.4 is 5.32 Å². The van der Waals surface area contributed by atoms with Crippen LogP contribution in [0, 0.1) is 6.92 Å². The molecule has 0 aliphatic rings. The maximum absolute atomic E-state index is 4.17. The van der Waals surface area contributed by atoms with E-state index in [1.807, 2.05) is 6.92 Å². The Hall–Kier alpha value is -1.13. The van der Waals surface area contributed by atoms with E-state index in [4.69, 9.17) is 0 Å². The van der Waals surface area contributed by atoms with Crippen LogP contribution in [-0.4, -0.2) is 10.2 Å². The van der Waals surface area contributed by atoms with Crippen LogP contribution in [0.3, 0.4) is 0 Å². The molecule has 1 aromatic heterocycles. The molecule has 0 bridgehead atoms. The van der Waals surface area contributed by atoms with Crippen molar-refractivity contribution in [2.24, 2.45) is 0 Å². The van der Waals surface area contributed by atoms with E-state index in [2.05, 4.69) is 61.8 Å². The van der Waals surface area contributed by atoms with Gasteiger partial charge in [-0.25, -0.2) is 0 Å². The summed E-state index contributed by atoms with van der Waals surface area (Å²) in [5.41, 5.74) is 3.42. The molecule has 3 nitrogen and oxygen atoms in total. The molecule has 0 fully saturated rings. The first-order chi connectivity index (χ1) is 7.74. The van der Waals surface area contributed by atoms with Crippen molar-refractivity contribution >= 4 is 15.9 Å². The number of rotatable bonds is 4. The molecule has 2 aromatic rings. The Balaban J connectivity index is 1.82. The molecule has 0 saturated heterocycles. The van der Waals surface area contributed by atoms with Crippen LogP contribution in [0.2, 0.25) is 0 Å². The van der Waals surface area contributed by atoms with Crippen molar-refractivity contribution in [1.82, 2.24) is 15.5 Å². The molecule has 0 aliphatic heterocycles. The van der Waals surface area contributed by atoms with Gasteiger partial charge >= 0.3 is 0 Å². The molecular weight excluding hydrogens is 266 g/mol. The molecule has 0 atom stereocenters. The summed E-state index contributed by atoms with van der Waals surface area (Å²) in [6, 6.07) is 10.4. The Labute approximate surface area is 103 Å². The normalized spacial score (nSPS) is 10.6. The molecule has 2 N–H and O–H groups in total. The number of aromatic nitrogens is 2. The number of aryl methyl sites for hydroxylation is 1. The summed E-state index contributed by atoms with van der Waals surface area (Å²) in [5.74, 6) is 0. The highest BCUT2D eigenvalue weighted by molar-refractivity contribution is 9.10. The summed E-state index contributed by atoms with van der Waals surface area (Å²) in [6.07, 6.45) is 0. The van der Waals surface area contributed by atoms with Gasteiger partial charge in [0.15, 0.2) is 0 Å². The van der Waals surface area contributed by atoms with Crippen molar-refractivity contribution in [2.75, 3.05) is 0 Å². The quantitative estimate of drug-likeness (QED) is 0.904. The van der Waals surface area contributed by atoms with Gasteiger partial charge in [0, 0.05) is 23.3 Å². The average Bonchev–Trinajstić information content (AvgIpc) is 2.67. The molecule has 4 heteroatoms. The van der Waals surface area contributed by atoms with E-state index in [0.29, 0.717) is 0 Å². The Bertz CT molecular complexity index is 448. The molecule has 0 aliphatic carbocycles. The first-order valence-corrected chi connectivity index (χ1v) is 5.99. The van der Waals surface area contributed by atoms with Gasteiger partial charge < -0.3 is 5.32 Å². The summed E-state index contributed by atoms with van der Waals surface area (Å²) in [4.78, 5) is 0. The minimum atomic E-state index is 0.792. The van der Waals surface area contributed by atoms with Gasteiger partial charge in [-0.05, 0) is 30.7 Å². The van der Waals surface area contributed by atoms with Crippen molar-refractivity contribution in [1.29, 1.82) is 0 Å². The molecule has 0 saturated carbocycles. The standard InChI is InChI=1S/C12H14BrN3/c1-9-6-12(16-15-9)8-14-7-10-2-4-11(13)5-3-10/h2-6,14H,7-8H2,1H3,(H,15,16). The zero-order valence-electron chi connectivity index (χ0n) is 9.13. The maximum Gasteiger partial charge on any atom is 0.0762 e. The van der Waals surface area contributed by atoms with Gasteiger partial charge in [0.2, 0.25) is 0 Å². The van der Waals surface area contributed by atoms with Gasteiger partial charge in [0.05, 0.1) is 5.69 Å². The van der Waals surface area contributed by atoms with Crippen LogP contribution in [0.5, 0.6) is 0 Å². The Kier molecular flexibility index (Phi) is 3.74. The number of benzene rings is 1.